The van der Waals surface area contributed by atoms with E-state index in [1.54, 1.807) is 0 Å². The van der Waals surface area contributed by atoms with E-state index in [1.165, 1.54) is 5.39 Å². The van der Waals surface area contributed by atoms with Crippen LogP contribution in [0.4, 0.5) is 0 Å². The van der Waals surface area contributed by atoms with Crippen molar-refractivity contribution in [3.63, 3.8) is 0 Å². The van der Waals surface area contributed by atoms with Crippen LogP contribution in [0.2, 0.25) is 0 Å². The van der Waals surface area contributed by atoms with Crippen molar-refractivity contribution < 1.29 is 0 Å². The molecule has 0 bridgehead atoms. The smallest absolute Gasteiger partial charge is 0.140 e. The number of hydrogen-bond acceptors (Lipinski definition) is 3. The quantitative estimate of drug-likeness (QED) is 0.196. The Hall–Kier alpha value is -7.15. The molecule has 0 aliphatic heterocycles. The second-order valence-corrected chi connectivity index (χ2v) is 12.3. The highest BCUT2D eigenvalue weighted by atomic mass is 15.1. The SMILES string of the molecule is N#Cc1ccc2c(c1)c1ccccc1n2-c1cccc(-n2c3ccc(C#N)cc3c3ccc4c5ccccc5n(-c5ccccc5)c4c32)n1. The Bertz CT molecular complexity index is 3070. The van der Waals surface area contributed by atoms with E-state index in [0.29, 0.717) is 11.1 Å². The Labute approximate surface area is 280 Å². The first-order valence-electron chi connectivity index (χ1n) is 16.1. The molecule has 6 aromatic carbocycles. The molecule has 0 saturated heterocycles. The molecule has 0 fully saturated rings. The van der Waals surface area contributed by atoms with Gasteiger partial charge in [-0.2, -0.15) is 10.5 Å². The van der Waals surface area contributed by atoms with Crippen LogP contribution in [0, 0.1) is 22.7 Å². The highest BCUT2D eigenvalue weighted by Crippen LogP contribution is 2.42. The number of nitrogens with zero attached hydrogens (tertiary/aromatic N) is 6. The largest absolute Gasteiger partial charge is 0.307 e. The summed E-state index contributed by atoms with van der Waals surface area (Å²) < 4.78 is 6.77. The highest BCUT2D eigenvalue weighted by Gasteiger charge is 2.22. The maximum atomic E-state index is 9.91. The van der Waals surface area contributed by atoms with E-state index in [-0.39, 0.29) is 0 Å². The van der Waals surface area contributed by atoms with Gasteiger partial charge in [0.25, 0.3) is 0 Å². The standard InChI is InChI=1S/C43H24N6/c44-25-27-17-21-38-34(23-27)31-12-5-7-14-37(31)48(38)40-15-8-16-41(46-40)49-39-22-18-28(26-45)24-35(39)33-20-19-32-30-11-4-6-13-36(30)47(42(32)43(33)49)29-9-2-1-3-10-29/h1-24H. The number of hydrogen-bond donors (Lipinski definition) is 0. The zero-order valence-corrected chi connectivity index (χ0v) is 26.0. The lowest BCUT2D eigenvalue weighted by Crippen LogP contribution is -2.04. The van der Waals surface area contributed by atoms with Gasteiger partial charge < -0.3 is 4.57 Å². The van der Waals surface area contributed by atoms with Crippen LogP contribution in [0.25, 0.3) is 82.7 Å². The van der Waals surface area contributed by atoms with Gasteiger partial charge in [-0.25, -0.2) is 4.98 Å². The average Bonchev–Trinajstić information content (AvgIpc) is 3.80. The first-order chi connectivity index (χ1) is 24.2. The molecule has 49 heavy (non-hydrogen) atoms. The summed E-state index contributed by atoms with van der Waals surface area (Å²) in [7, 11) is 0. The first kappa shape index (κ1) is 27.0. The number of rotatable bonds is 3. The summed E-state index contributed by atoms with van der Waals surface area (Å²) >= 11 is 0. The predicted molar refractivity (Wildman–Crippen MR) is 197 cm³/mol. The molecule has 0 radical (unpaired) electrons. The van der Waals surface area contributed by atoms with E-state index in [2.05, 4.69) is 111 Å². The fraction of sp³-hybridized carbons (Fsp3) is 0. The summed E-state index contributed by atoms with van der Waals surface area (Å²) in [6.07, 6.45) is 0. The molecule has 0 N–H and O–H groups in total. The van der Waals surface area contributed by atoms with Gasteiger partial charge in [0.2, 0.25) is 0 Å². The maximum Gasteiger partial charge on any atom is 0.140 e. The van der Waals surface area contributed by atoms with Gasteiger partial charge in [0.05, 0.1) is 56.4 Å². The molecule has 4 heterocycles. The number of para-hydroxylation sites is 3. The number of fused-ring (bicyclic) bond motifs is 10. The minimum absolute atomic E-state index is 0.610. The van der Waals surface area contributed by atoms with E-state index in [0.717, 1.165) is 77.4 Å². The van der Waals surface area contributed by atoms with E-state index in [1.807, 2.05) is 60.7 Å². The van der Waals surface area contributed by atoms with E-state index in [4.69, 9.17) is 4.98 Å². The summed E-state index contributed by atoms with van der Waals surface area (Å²) in [5.74, 6) is 1.53. The first-order valence-corrected chi connectivity index (χ1v) is 16.1. The van der Waals surface area contributed by atoms with Crippen molar-refractivity contribution in [1.82, 2.24) is 18.7 Å². The molecule has 6 nitrogen and oxygen atoms in total. The normalized spacial score (nSPS) is 11.6. The van der Waals surface area contributed by atoms with Crippen LogP contribution >= 0.6 is 0 Å². The Kier molecular flexibility index (Phi) is 5.61. The van der Waals surface area contributed by atoms with Crippen molar-refractivity contribution in [1.29, 1.82) is 10.5 Å². The van der Waals surface area contributed by atoms with Crippen molar-refractivity contribution in [3.05, 3.63) is 157 Å². The summed E-state index contributed by atoms with van der Waals surface area (Å²) in [6, 6.07) is 54.1. The fourth-order valence-corrected chi connectivity index (χ4v) is 7.65. The van der Waals surface area contributed by atoms with Gasteiger partial charge in [0, 0.05) is 38.0 Å². The van der Waals surface area contributed by atoms with Gasteiger partial charge in [-0.05, 0) is 72.8 Å². The molecule has 0 spiro atoms. The van der Waals surface area contributed by atoms with Crippen LogP contribution in [0.15, 0.2) is 146 Å². The van der Waals surface area contributed by atoms with E-state index >= 15 is 0 Å². The lowest BCUT2D eigenvalue weighted by atomic mass is 10.1. The maximum absolute atomic E-state index is 9.91. The molecule has 0 aliphatic rings. The van der Waals surface area contributed by atoms with Gasteiger partial charge in [-0.15, -0.1) is 0 Å². The molecular weight excluding hydrogens is 601 g/mol. The topological polar surface area (TPSA) is 75.3 Å². The zero-order chi connectivity index (χ0) is 32.6. The minimum atomic E-state index is 0.610. The summed E-state index contributed by atoms with van der Waals surface area (Å²) in [5, 5.41) is 26.0. The van der Waals surface area contributed by atoms with Crippen LogP contribution in [-0.4, -0.2) is 18.7 Å². The molecule has 0 aliphatic carbocycles. The molecule has 226 valence electrons. The number of benzene rings is 6. The lowest BCUT2D eigenvalue weighted by molar-refractivity contribution is 1.01. The molecule has 0 unspecified atom stereocenters. The molecule has 0 atom stereocenters. The van der Waals surface area contributed by atoms with Crippen molar-refractivity contribution >= 4 is 65.4 Å². The van der Waals surface area contributed by atoms with Crippen molar-refractivity contribution in [2.75, 3.05) is 0 Å². The van der Waals surface area contributed by atoms with Gasteiger partial charge >= 0.3 is 0 Å². The van der Waals surface area contributed by atoms with Gasteiger partial charge in [-0.1, -0.05) is 72.8 Å². The van der Waals surface area contributed by atoms with Gasteiger partial charge in [0.1, 0.15) is 11.6 Å². The summed E-state index contributed by atoms with van der Waals surface area (Å²) in [4.78, 5) is 5.39. The molecular formula is C43H24N6. The third-order valence-corrected chi connectivity index (χ3v) is 9.68. The Balaban J connectivity index is 1.35. The number of aromatic nitrogens is 4. The zero-order valence-electron chi connectivity index (χ0n) is 26.0. The predicted octanol–water partition coefficient (Wildman–Crippen LogP) is 10.1. The monoisotopic (exact) mass is 624 g/mol. The summed E-state index contributed by atoms with van der Waals surface area (Å²) in [5.41, 5.74) is 8.49. The van der Waals surface area contributed by atoms with Crippen LogP contribution in [0.1, 0.15) is 11.1 Å². The van der Waals surface area contributed by atoms with Crippen LogP contribution in [0.3, 0.4) is 0 Å². The molecule has 6 heteroatoms. The van der Waals surface area contributed by atoms with Crippen LogP contribution in [-0.2, 0) is 0 Å². The van der Waals surface area contributed by atoms with Crippen molar-refractivity contribution in [2.24, 2.45) is 0 Å². The van der Waals surface area contributed by atoms with Crippen molar-refractivity contribution in [2.45, 2.75) is 0 Å². The Morgan fingerprint density at radius 3 is 1.55 bits per heavy atom. The molecule has 0 amide bonds. The molecule has 4 aromatic heterocycles. The van der Waals surface area contributed by atoms with Crippen molar-refractivity contribution in [3.8, 4) is 29.5 Å². The highest BCUT2D eigenvalue weighted by molar-refractivity contribution is 6.24. The number of nitriles is 2. The van der Waals surface area contributed by atoms with E-state index < -0.39 is 0 Å². The minimum Gasteiger partial charge on any atom is -0.307 e. The second kappa shape index (κ2) is 10.2. The lowest BCUT2D eigenvalue weighted by Gasteiger charge is -2.13. The third kappa shape index (κ3) is 3.77. The second-order valence-electron chi connectivity index (χ2n) is 12.3. The molecule has 10 aromatic rings. The summed E-state index contributed by atoms with van der Waals surface area (Å²) in [6.45, 7) is 0. The third-order valence-electron chi connectivity index (χ3n) is 9.68. The molecule has 10 rings (SSSR count). The van der Waals surface area contributed by atoms with Crippen LogP contribution in [0.5, 0.6) is 0 Å². The molecule has 0 saturated carbocycles. The van der Waals surface area contributed by atoms with Gasteiger partial charge in [-0.3, -0.25) is 9.13 Å². The fourth-order valence-electron chi connectivity index (χ4n) is 7.65. The van der Waals surface area contributed by atoms with Crippen LogP contribution < -0.4 is 0 Å². The average molecular weight is 625 g/mol. The Morgan fingerprint density at radius 2 is 0.878 bits per heavy atom. The van der Waals surface area contributed by atoms with E-state index in [9.17, 15) is 10.5 Å². The Morgan fingerprint density at radius 1 is 0.388 bits per heavy atom. The van der Waals surface area contributed by atoms with Gasteiger partial charge in [0.15, 0.2) is 0 Å². The number of pyridine rings is 1.